The lowest BCUT2D eigenvalue weighted by Crippen LogP contribution is -2.63. The summed E-state index contributed by atoms with van der Waals surface area (Å²) in [6.45, 7) is 7.43. The van der Waals surface area contributed by atoms with E-state index in [1.54, 1.807) is 12.3 Å². The van der Waals surface area contributed by atoms with Crippen molar-refractivity contribution >= 4 is 11.6 Å². The summed E-state index contributed by atoms with van der Waals surface area (Å²) in [6.07, 6.45) is -1.63. The van der Waals surface area contributed by atoms with Gasteiger partial charge in [-0.1, -0.05) is 25.4 Å². The zero-order valence-corrected chi connectivity index (χ0v) is 22.4. The van der Waals surface area contributed by atoms with Gasteiger partial charge in [-0.2, -0.15) is 13.2 Å². The molecule has 0 saturated carbocycles. The number of ether oxygens (including phenoxy) is 2. The van der Waals surface area contributed by atoms with E-state index in [2.05, 4.69) is 9.68 Å². The molecule has 1 aromatic heterocycles. The Bertz CT molecular complexity index is 1290. The van der Waals surface area contributed by atoms with Crippen LogP contribution in [0.5, 0.6) is 5.75 Å². The summed E-state index contributed by atoms with van der Waals surface area (Å²) in [6, 6.07) is 5.89. The molecule has 1 unspecified atom stereocenters. The Balaban J connectivity index is 0.000000932. The summed E-state index contributed by atoms with van der Waals surface area (Å²) in [5.41, 5.74) is -1.51. The molecule has 1 amide bonds. The van der Waals surface area contributed by atoms with Crippen LogP contribution in [-0.4, -0.2) is 36.4 Å². The van der Waals surface area contributed by atoms with E-state index in [4.69, 9.17) is 9.47 Å². The Morgan fingerprint density at radius 1 is 1.18 bits per heavy atom. The van der Waals surface area contributed by atoms with Crippen LogP contribution in [0.1, 0.15) is 54.1 Å². The van der Waals surface area contributed by atoms with Crippen LogP contribution in [0, 0.1) is 18.6 Å². The van der Waals surface area contributed by atoms with E-state index in [1.165, 1.54) is 18.1 Å². The lowest BCUT2D eigenvalue weighted by atomic mass is 9.83. The minimum atomic E-state index is -4.80. The molecule has 1 saturated heterocycles. The first-order valence-corrected chi connectivity index (χ1v) is 12.4. The van der Waals surface area contributed by atoms with E-state index in [9.17, 15) is 22.4 Å². The number of alkyl halides is 3. The Morgan fingerprint density at radius 3 is 2.41 bits per heavy atom. The molecule has 0 aliphatic carbocycles. The number of hydrogen-bond acceptors (Lipinski definition) is 5. The number of aryl methyl sites for hydroxylation is 1. The largest absolute Gasteiger partial charge is 0.495 e. The molecule has 6 nitrogen and oxygen atoms in total. The van der Waals surface area contributed by atoms with Gasteiger partial charge in [0.15, 0.2) is 0 Å². The van der Waals surface area contributed by atoms with Gasteiger partial charge in [-0.15, -0.1) is 0 Å². The maximum Gasteiger partial charge on any atom is 0.416 e. The standard InChI is InChI=1S/C24H26F5NO3.C4H5NO.2H2/c1-5-7-23(3)21(6-2)33-13-22(31)30(23)19-12-18(26)17(11-20(19)32-4)14-8-15(24(27,28)29)10-16(25)9-14;1-4-2-3-6-5-4;;/h8-12,21H,5-7,13H2,1-4H3;2-3H,1H3;2*1H/t21-,23?;;;/m0.../s1. The highest BCUT2D eigenvalue weighted by Gasteiger charge is 2.47. The van der Waals surface area contributed by atoms with Crippen molar-refractivity contribution in [3.05, 3.63) is 65.6 Å². The van der Waals surface area contributed by atoms with Gasteiger partial charge < -0.3 is 14.0 Å². The lowest BCUT2D eigenvalue weighted by molar-refractivity contribution is -0.138. The highest BCUT2D eigenvalue weighted by Crippen LogP contribution is 2.44. The molecule has 4 rings (SSSR count). The van der Waals surface area contributed by atoms with Crippen LogP contribution in [0.4, 0.5) is 27.6 Å². The van der Waals surface area contributed by atoms with Crippen LogP contribution in [0.3, 0.4) is 0 Å². The number of carbonyl (C=O) groups excluding carboxylic acids is 1. The number of anilines is 1. The maximum absolute atomic E-state index is 15.3. The quantitative estimate of drug-likeness (QED) is 0.289. The number of methoxy groups -OCH3 is 1. The second kappa shape index (κ2) is 12.1. The number of halogens is 5. The van der Waals surface area contributed by atoms with Crippen LogP contribution in [0.2, 0.25) is 0 Å². The molecule has 1 aliphatic rings. The Hall–Kier alpha value is -3.47. The van der Waals surface area contributed by atoms with Crippen LogP contribution in [0.25, 0.3) is 11.1 Å². The molecular weight excluding hydrogens is 523 g/mol. The van der Waals surface area contributed by atoms with Gasteiger partial charge in [0.1, 0.15) is 30.3 Å². The molecule has 0 radical (unpaired) electrons. The van der Waals surface area contributed by atoms with Gasteiger partial charge in [0.2, 0.25) is 0 Å². The number of carbonyl (C=O) groups is 1. The van der Waals surface area contributed by atoms with Gasteiger partial charge in [0.25, 0.3) is 5.91 Å². The normalized spacial score (nSPS) is 19.5. The number of morpholine rings is 1. The fourth-order valence-corrected chi connectivity index (χ4v) is 4.87. The van der Waals surface area contributed by atoms with Crippen molar-refractivity contribution in [3.63, 3.8) is 0 Å². The number of nitrogens with zero attached hydrogens (tertiary/aromatic N) is 2. The van der Waals surface area contributed by atoms with Crippen molar-refractivity contribution in [2.75, 3.05) is 18.6 Å². The van der Waals surface area contributed by atoms with Crippen molar-refractivity contribution in [1.29, 1.82) is 0 Å². The van der Waals surface area contributed by atoms with E-state index >= 15 is 4.39 Å². The van der Waals surface area contributed by atoms with E-state index in [-0.39, 0.29) is 44.0 Å². The van der Waals surface area contributed by atoms with Crippen molar-refractivity contribution in [1.82, 2.24) is 5.16 Å². The molecule has 2 heterocycles. The van der Waals surface area contributed by atoms with Gasteiger partial charge in [0.05, 0.1) is 35.7 Å². The van der Waals surface area contributed by atoms with E-state index in [1.807, 2.05) is 27.7 Å². The van der Waals surface area contributed by atoms with Crippen LogP contribution < -0.4 is 9.64 Å². The molecule has 39 heavy (non-hydrogen) atoms. The highest BCUT2D eigenvalue weighted by atomic mass is 19.4. The number of hydrogen-bond donors (Lipinski definition) is 0. The molecule has 3 aromatic rings. The van der Waals surface area contributed by atoms with Crippen molar-refractivity contribution in [3.8, 4) is 16.9 Å². The first-order valence-electron chi connectivity index (χ1n) is 12.4. The number of amides is 1. The smallest absolute Gasteiger partial charge is 0.416 e. The topological polar surface area (TPSA) is 64.8 Å². The Labute approximate surface area is 226 Å². The third kappa shape index (κ3) is 6.58. The molecule has 1 aliphatic heterocycles. The lowest BCUT2D eigenvalue weighted by Gasteiger charge is -2.49. The zero-order valence-electron chi connectivity index (χ0n) is 22.4. The number of aromatic nitrogens is 1. The summed E-state index contributed by atoms with van der Waals surface area (Å²) in [4.78, 5) is 14.4. The predicted octanol–water partition coefficient (Wildman–Crippen LogP) is 7.83. The summed E-state index contributed by atoms with van der Waals surface area (Å²) in [5.74, 6) is -2.36. The molecule has 2 atom stereocenters. The molecule has 0 spiro atoms. The van der Waals surface area contributed by atoms with Gasteiger partial charge in [-0.05, 0) is 56.5 Å². The van der Waals surface area contributed by atoms with E-state index in [0.29, 0.717) is 25.0 Å². The second-order valence-corrected chi connectivity index (χ2v) is 9.42. The fraction of sp³-hybridized carbons (Fsp3) is 0.429. The molecule has 0 bridgehead atoms. The summed E-state index contributed by atoms with van der Waals surface area (Å²) >= 11 is 0. The molecule has 2 aromatic carbocycles. The third-order valence-corrected chi connectivity index (χ3v) is 6.60. The van der Waals surface area contributed by atoms with E-state index < -0.39 is 28.9 Å². The summed E-state index contributed by atoms with van der Waals surface area (Å²) in [7, 11) is 1.31. The van der Waals surface area contributed by atoms with Crippen molar-refractivity contribution < 1.29 is 43.6 Å². The highest BCUT2D eigenvalue weighted by molar-refractivity contribution is 5.98. The minimum absolute atomic E-state index is 0. The molecule has 216 valence electrons. The predicted molar refractivity (Wildman–Crippen MR) is 140 cm³/mol. The Kier molecular flexibility index (Phi) is 9.37. The van der Waals surface area contributed by atoms with Crippen LogP contribution in [-0.2, 0) is 15.7 Å². The molecule has 11 heteroatoms. The average molecular weight is 559 g/mol. The van der Waals surface area contributed by atoms with Gasteiger partial charge in [-0.3, -0.25) is 9.69 Å². The minimum Gasteiger partial charge on any atom is -0.495 e. The van der Waals surface area contributed by atoms with Gasteiger partial charge in [-0.25, -0.2) is 8.78 Å². The zero-order chi connectivity index (χ0) is 29.0. The Morgan fingerprint density at radius 2 is 1.90 bits per heavy atom. The molecular formula is C28H35F5N2O4. The monoisotopic (exact) mass is 558 g/mol. The number of rotatable bonds is 6. The van der Waals surface area contributed by atoms with Crippen LogP contribution >= 0.6 is 0 Å². The maximum atomic E-state index is 15.3. The van der Waals surface area contributed by atoms with Gasteiger partial charge in [0, 0.05) is 20.5 Å². The molecule has 1 fully saturated rings. The average Bonchev–Trinajstić information content (AvgIpc) is 3.34. The fourth-order valence-electron chi connectivity index (χ4n) is 4.87. The van der Waals surface area contributed by atoms with Gasteiger partial charge >= 0.3 is 6.18 Å². The second-order valence-electron chi connectivity index (χ2n) is 9.42. The third-order valence-electron chi connectivity index (χ3n) is 6.60. The summed E-state index contributed by atoms with van der Waals surface area (Å²) < 4.78 is 84.3. The SMILES string of the molecule is CCCC1(C)[C@H](CC)OCC(=O)N1c1cc(F)c(-c2cc(F)cc(C(F)(F)F)c2)cc1OC.Cc1ccon1.[HH].[HH]. The first kappa shape index (κ1) is 30.1. The van der Waals surface area contributed by atoms with Crippen molar-refractivity contribution in [2.45, 2.75) is 64.8 Å². The molecule has 0 N–H and O–H groups in total. The first-order chi connectivity index (χ1) is 18.3. The van der Waals surface area contributed by atoms with Crippen LogP contribution in [0.15, 0.2) is 47.2 Å². The van der Waals surface area contributed by atoms with E-state index in [0.717, 1.165) is 24.2 Å². The van der Waals surface area contributed by atoms with Crippen molar-refractivity contribution in [2.24, 2.45) is 0 Å². The number of benzene rings is 2. The summed E-state index contributed by atoms with van der Waals surface area (Å²) in [5, 5.41) is 3.54.